The van der Waals surface area contributed by atoms with Crippen molar-refractivity contribution in [3.05, 3.63) is 81.5 Å². The molecule has 2 aromatic carbocycles. The normalized spacial score (nSPS) is 11.6. The molecular formula is C22H23N3O3S2. The molecule has 30 heavy (non-hydrogen) atoms. The summed E-state index contributed by atoms with van der Waals surface area (Å²) >= 11 is 1.51. The first kappa shape index (κ1) is 21.7. The van der Waals surface area contributed by atoms with Crippen molar-refractivity contribution in [2.75, 3.05) is 10.8 Å². The number of carbonyl (C=O) groups excluding carboxylic acids is 1. The summed E-state index contributed by atoms with van der Waals surface area (Å²) in [5.74, 6) is -0.529. The van der Waals surface area contributed by atoms with Crippen LogP contribution in [0, 0.1) is 20.8 Å². The molecule has 0 aliphatic heterocycles. The van der Waals surface area contributed by atoms with E-state index >= 15 is 0 Å². The number of hydrazone groups is 1. The van der Waals surface area contributed by atoms with Gasteiger partial charge in [-0.05, 0) is 73.2 Å². The number of amides is 1. The van der Waals surface area contributed by atoms with Gasteiger partial charge in [-0.3, -0.25) is 9.10 Å². The maximum atomic E-state index is 13.3. The predicted molar refractivity (Wildman–Crippen MR) is 122 cm³/mol. The molecule has 0 radical (unpaired) electrons. The van der Waals surface area contributed by atoms with Crippen molar-refractivity contribution in [1.82, 2.24) is 5.43 Å². The minimum absolute atomic E-state index is 0.119. The lowest BCUT2D eigenvalue weighted by atomic mass is 10.1. The molecule has 1 heterocycles. The van der Waals surface area contributed by atoms with E-state index in [1.165, 1.54) is 23.5 Å². The number of benzene rings is 2. The lowest BCUT2D eigenvalue weighted by Gasteiger charge is -2.24. The molecule has 0 spiro atoms. The maximum absolute atomic E-state index is 13.3. The van der Waals surface area contributed by atoms with Gasteiger partial charge in [0.15, 0.2) is 0 Å². The van der Waals surface area contributed by atoms with Crippen LogP contribution in [0.15, 0.2) is 70.0 Å². The van der Waals surface area contributed by atoms with Gasteiger partial charge in [-0.1, -0.05) is 24.3 Å². The third kappa shape index (κ3) is 4.95. The summed E-state index contributed by atoms with van der Waals surface area (Å²) in [6.45, 7) is 5.41. The van der Waals surface area contributed by atoms with Crippen LogP contribution in [0.1, 0.15) is 21.6 Å². The van der Waals surface area contributed by atoms with Crippen LogP contribution in [0.3, 0.4) is 0 Å². The zero-order valence-corrected chi connectivity index (χ0v) is 18.6. The molecule has 0 saturated heterocycles. The summed E-state index contributed by atoms with van der Waals surface area (Å²) in [6, 6.07) is 15.3. The standard InChI is InChI=1S/C22H23N3O3S2/c1-16-9-10-19(13-18(16)3)25(30(27,28)20-7-5-4-6-8-20)15-22(26)24-23-14-21-17(2)11-12-29-21/h4-14H,15H2,1-3H3,(H,24,26)/b23-14-. The highest BCUT2D eigenvalue weighted by atomic mass is 32.2. The van der Waals surface area contributed by atoms with E-state index in [0.29, 0.717) is 5.69 Å². The van der Waals surface area contributed by atoms with Gasteiger partial charge in [0, 0.05) is 4.88 Å². The number of hydrogen-bond acceptors (Lipinski definition) is 5. The summed E-state index contributed by atoms with van der Waals surface area (Å²) in [4.78, 5) is 13.6. The number of rotatable bonds is 7. The minimum Gasteiger partial charge on any atom is -0.271 e. The lowest BCUT2D eigenvalue weighted by molar-refractivity contribution is -0.119. The second kappa shape index (κ2) is 9.23. The zero-order valence-electron chi connectivity index (χ0n) is 17.0. The fourth-order valence-electron chi connectivity index (χ4n) is 2.76. The summed E-state index contributed by atoms with van der Waals surface area (Å²) in [5.41, 5.74) is 5.89. The van der Waals surface area contributed by atoms with Crippen molar-refractivity contribution in [3.63, 3.8) is 0 Å². The van der Waals surface area contributed by atoms with Gasteiger partial charge in [0.25, 0.3) is 15.9 Å². The van der Waals surface area contributed by atoms with Gasteiger partial charge in [-0.2, -0.15) is 5.10 Å². The Balaban J connectivity index is 1.87. The largest absolute Gasteiger partial charge is 0.271 e. The highest BCUT2D eigenvalue weighted by molar-refractivity contribution is 7.92. The smallest absolute Gasteiger partial charge is 0.264 e. The SMILES string of the molecule is Cc1ccc(N(CC(=O)N/N=C\c2sccc2C)S(=O)(=O)c2ccccc2)cc1C. The summed E-state index contributed by atoms with van der Waals surface area (Å²) < 4.78 is 27.7. The molecule has 6 nitrogen and oxygen atoms in total. The first-order valence-corrected chi connectivity index (χ1v) is 11.6. The molecule has 0 saturated carbocycles. The van der Waals surface area contributed by atoms with Gasteiger partial charge < -0.3 is 0 Å². The highest BCUT2D eigenvalue weighted by Gasteiger charge is 2.27. The lowest BCUT2D eigenvalue weighted by Crippen LogP contribution is -2.39. The Morgan fingerprint density at radius 2 is 1.77 bits per heavy atom. The third-order valence-corrected chi connectivity index (χ3v) is 7.41. The van der Waals surface area contributed by atoms with Gasteiger partial charge in [0.05, 0.1) is 16.8 Å². The zero-order chi connectivity index (χ0) is 21.7. The first-order valence-electron chi connectivity index (χ1n) is 9.30. The van der Waals surface area contributed by atoms with Crippen molar-refractivity contribution in [1.29, 1.82) is 0 Å². The van der Waals surface area contributed by atoms with E-state index in [2.05, 4.69) is 10.5 Å². The molecule has 3 aromatic rings. The molecule has 0 aliphatic carbocycles. The molecule has 0 fully saturated rings. The number of sulfonamides is 1. The number of nitrogens with one attached hydrogen (secondary N) is 1. The van der Waals surface area contributed by atoms with Gasteiger partial charge in [0.2, 0.25) is 0 Å². The van der Waals surface area contributed by atoms with Crippen LogP contribution in [-0.2, 0) is 14.8 Å². The van der Waals surface area contributed by atoms with Gasteiger partial charge >= 0.3 is 0 Å². The topological polar surface area (TPSA) is 78.8 Å². The van der Waals surface area contributed by atoms with E-state index in [-0.39, 0.29) is 11.4 Å². The predicted octanol–water partition coefficient (Wildman–Crippen LogP) is 4.02. The van der Waals surface area contributed by atoms with E-state index in [0.717, 1.165) is 25.9 Å². The van der Waals surface area contributed by atoms with Crippen LogP contribution < -0.4 is 9.73 Å². The molecule has 0 bridgehead atoms. The van der Waals surface area contributed by atoms with E-state index in [1.54, 1.807) is 36.5 Å². The maximum Gasteiger partial charge on any atom is 0.264 e. The molecule has 1 amide bonds. The van der Waals surface area contributed by atoms with Crippen LogP contribution in [0.2, 0.25) is 0 Å². The van der Waals surface area contributed by atoms with Gasteiger partial charge in [-0.25, -0.2) is 13.8 Å². The van der Waals surface area contributed by atoms with Crippen LogP contribution >= 0.6 is 11.3 Å². The first-order chi connectivity index (χ1) is 14.3. The summed E-state index contributed by atoms with van der Waals surface area (Å²) in [6.07, 6.45) is 1.56. The molecule has 1 aromatic heterocycles. The number of thiophene rings is 1. The molecule has 3 rings (SSSR count). The Morgan fingerprint density at radius 3 is 2.40 bits per heavy atom. The van der Waals surface area contributed by atoms with Crippen LogP contribution in [0.4, 0.5) is 5.69 Å². The Labute approximate surface area is 180 Å². The fourth-order valence-corrected chi connectivity index (χ4v) is 4.98. The molecular weight excluding hydrogens is 418 g/mol. The van der Waals surface area contributed by atoms with Crippen molar-refractivity contribution in [2.24, 2.45) is 5.10 Å². The van der Waals surface area contributed by atoms with Crippen molar-refractivity contribution in [2.45, 2.75) is 25.7 Å². The molecule has 8 heteroatoms. The van der Waals surface area contributed by atoms with Gasteiger partial charge in [-0.15, -0.1) is 11.3 Å². The third-order valence-electron chi connectivity index (χ3n) is 4.67. The van der Waals surface area contributed by atoms with Crippen molar-refractivity contribution in [3.8, 4) is 0 Å². The summed E-state index contributed by atoms with van der Waals surface area (Å²) in [7, 11) is -3.93. The van der Waals surface area contributed by atoms with Crippen molar-refractivity contribution < 1.29 is 13.2 Å². The molecule has 0 aliphatic rings. The highest BCUT2D eigenvalue weighted by Crippen LogP contribution is 2.25. The number of aryl methyl sites for hydroxylation is 3. The fraction of sp³-hybridized carbons (Fsp3) is 0.182. The van der Waals surface area contributed by atoms with Crippen LogP contribution in [-0.4, -0.2) is 27.1 Å². The van der Waals surface area contributed by atoms with Crippen molar-refractivity contribution >= 4 is 39.2 Å². The Morgan fingerprint density at radius 1 is 1.03 bits per heavy atom. The average Bonchev–Trinajstić information content (AvgIpc) is 3.14. The molecule has 0 unspecified atom stereocenters. The van der Waals surface area contributed by atoms with E-state index in [1.807, 2.05) is 38.3 Å². The Hall–Kier alpha value is -2.97. The minimum atomic E-state index is -3.93. The Bertz CT molecular complexity index is 1170. The number of carbonyl (C=O) groups is 1. The summed E-state index contributed by atoms with van der Waals surface area (Å²) in [5, 5.41) is 5.91. The monoisotopic (exact) mass is 441 g/mol. The van der Waals surface area contributed by atoms with E-state index in [4.69, 9.17) is 0 Å². The number of hydrogen-bond donors (Lipinski definition) is 1. The van der Waals surface area contributed by atoms with Gasteiger partial charge in [0.1, 0.15) is 6.54 Å². The molecule has 156 valence electrons. The van der Waals surface area contributed by atoms with E-state index < -0.39 is 15.9 Å². The van der Waals surface area contributed by atoms with Crippen LogP contribution in [0.25, 0.3) is 0 Å². The number of nitrogens with zero attached hydrogens (tertiary/aromatic N) is 2. The van der Waals surface area contributed by atoms with E-state index in [9.17, 15) is 13.2 Å². The molecule has 1 N–H and O–H groups in total. The quantitative estimate of drug-likeness (QED) is 0.444. The molecule has 0 atom stereocenters. The average molecular weight is 442 g/mol. The second-order valence-corrected chi connectivity index (χ2v) is 9.66. The second-order valence-electron chi connectivity index (χ2n) is 6.85. The Kier molecular flexibility index (Phi) is 6.69. The van der Waals surface area contributed by atoms with Crippen LogP contribution in [0.5, 0.6) is 0 Å². The number of anilines is 1.